The molecule has 0 saturated carbocycles. The number of ether oxygens (including phenoxy) is 1. The molecule has 0 aliphatic heterocycles. The van der Waals surface area contributed by atoms with Gasteiger partial charge >= 0.3 is 5.97 Å². The molecule has 136 valence electrons. The predicted molar refractivity (Wildman–Crippen MR) is 97.8 cm³/mol. The Morgan fingerprint density at radius 1 is 1.48 bits per heavy atom. The van der Waals surface area contributed by atoms with Crippen LogP contribution >= 0.6 is 0 Å². The third kappa shape index (κ3) is 3.04. The van der Waals surface area contributed by atoms with Crippen LogP contribution in [0.5, 0.6) is 0 Å². The van der Waals surface area contributed by atoms with Gasteiger partial charge in [-0.3, -0.25) is 9.59 Å². The third-order valence-electron chi connectivity index (χ3n) is 6.03. The van der Waals surface area contributed by atoms with Gasteiger partial charge in [-0.2, -0.15) is 0 Å². The lowest BCUT2D eigenvalue weighted by Gasteiger charge is -2.49. The van der Waals surface area contributed by atoms with E-state index < -0.39 is 16.9 Å². The molecule has 4 heteroatoms. The molecule has 0 amide bonds. The highest BCUT2D eigenvalue weighted by atomic mass is 16.5. The van der Waals surface area contributed by atoms with Crippen molar-refractivity contribution in [3.63, 3.8) is 0 Å². The van der Waals surface area contributed by atoms with Crippen LogP contribution in [-0.4, -0.2) is 30.1 Å². The summed E-state index contributed by atoms with van der Waals surface area (Å²) >= 11 is 0. The molecule has 4 atom stereocenters. The first kappa shape index (κ1) is 19.4. The van der Waals surface area contributed by atoms with Crippen molar-refractivity contribution in [2.24, 2.45) is 16.7 Å². The molecule has 0 spiro atoms. The Morgan fingerprint density at radius 3 is 2.64 bits per heavy atom. The normalized spacial score (nSPS) is 34.5. The molecule has 0 unspecified atom stereocenters. The predicted octanol–water partition coefficient (Wildman–Crippen LogP) is 3.53. The molecule has 25 heavy (non-hydrogen) atoms. The van der Waals surface area contributed by atoms with E-state index in [0.717, 1.165) is 23.1 Å². The number of hydrogen-bond donors (Lipinski definition) is 1. The second-order valence-corrected chi connectivity index (χ2v) is 7.60. The summed E-state index contributed by atoms with van der Waals surface area (Å²) in [6.07, 6.45) is 5.73. The van der Waals surface area contributed by atoms with Gasteiger partial charge in [-0.15, -0.1) is 6.58 Å². The molecule has 2 rings (SSSR count). The molecular weight excluding hydrogens is 316 g/mol. The van der Waals surface area contributed by atoms with Crippen LogP contribution in [0.4, 0.5) is 0 Å². The monoisotopic (exact) mass is 344 g/mol. The van der Waals surface area contributed by atoms with E-state index in [4.69, 9.17) is 4.74 Å². The van der Waals surface area contributed by atoms with Gasteiger partial charge in [-0.25, -0.2) is 0 Å². The van der Waals surface area contributed by atoms with Crippen molar-refractivity contribution in [2.45, 2.75) is 46.1 Å². The van der Waals surface area contributed by atoms with Crippen molar-refractivity contribution in [1.82, 2.24) is 0 Å². The highest BCUT2D eigenvalue weighted by molar-refractivity contribution is 6.00. The first-order chi connectivity index (χ1) is 11.6. The Kier molecular flexibility index (Phi) is 5.24. The van der Waals surface area contributed by atoms with E-state index in [1.165, 1.54) is 13.2 Å². The van der Waals surface area contributed by atoms with Crippen molar-refractivity contribution >= 4 is 11.8 Å². The average molecular weight is 344 g/mol. The Bertz CT molecular complexity index is 684. The van der Waals surface area contributed by atoms with E-state index in [2.05, 4.69) is 13.2 Å². The fourth-order valence-electron chi connectivity index (χ4n) is 4.11. The van der Waals surface area contributed by atoms with Crippen LogP contribution in [0.25, 0.3) is 0 Å². The molecule has 2 aliphatic carbocycles. The molecule has 0 saturated heterocycles. The van der Waals surface area contributed by atoms with Gasteiger partial charge in [0.25, 0.3) is 0 Å². The summed E-state index contributed by atoms with van der Waals surface area (Å²) in [6, 6.07) is 0. The maximum Gasteiger partial charge on any atom is 0.305 e. The fourth-order valence-corrected chi connectivity index (χ4v) is 4.11. The first-order valence-electron chi connectivity index (χ1n) is 8.62. The van der Waals surface area contributed by atoms with Crippen molar-refractivity contribution in [3.8, 4) is 0 Å². The van der Waals surface area contributed by atoms with Gasteiger partial charge in [0, 0.05) is 11.8 Å². The minimum absolute atomic E-state index is 0.0974. The largest absolute Gasteiger partial charge is 0.469 e. The fraction of sp³-hybridized carbons (Fsp3) is 0.524. The average Bonchev–Trinajstić information content (AvgIpc) is 2.58. The maximum atomic E-state index is 12.7. The smallest absolute Gasteiger partial charge is 0.305 e. The van der Waals surface area contributed by atoms with E-state index in [1.54, 1.807) is 13.0 Å². The number of carbonyl (C=O) groups excluding carboxylic acids is 2. The minimum Gasteiger partial charge on any atom is -0.469 e. The summed E-state index contributed by atoms with van der Waals surface area (Å²) in [5.74, 6) is -0.342. The van der Waals surface area contributed by atoms with Crippen LogP contribution in [0.1, 0.15) is 40.0 Å². The van der Waals surface area contributed by atoms with Crippen molar-refractivity contribution in [1.29, 1.82) is 0 Å². The Labute approximate surface area is 149 Å². The number of methoxy groups -OCH3 is 1. The third-order valence-corrected chi connectivity index (χ3v) is 6.03. The van der Waals surface area contributed by atoms with Crippen molar-refractivity contribution in [3.05, 3.63) is 48.1 Å². The zero-order valence-electron chi connectivity index (χ0n) is 15.6. The Morgan fingerprint density at radius 2 is 2.12 bits per heavy atom. The van der Waals surface area contributed by atoms with Crippen LogP contribution in [0.15, 0.2) is 48.1 Å². The van der Waals surface area contributed by atoms with Gasteiger partial charge in [0.1, 0.15) is 0 Å². The lowest BCUT2D eigenvalue weighted by molar-refractivity contribution is -0.141. The summed E-state index contributed by atoms with van der Waals surface area (Å²) in [4.78, 5) is 24.4. The molecule has 0 aromatic rings. The summed E-state index contributed by atoms with van der Waals surface area (Å²) < 4.78 is 4.79. The lowest BCUT2D eigenvalue weighted by Crippen LogP contribution is -2.47. The molecule has 4 nitrogen and oxygen atoms in total. The molecule has 1 N–H and O–H groups in total. The molecule has 0 aromatic heterocycles. The minimum atomic E-state index is -1.02. The van der Waals surface area contributed by atoms with Crippen molar-refractivity contribution < 1.29 is 19.4 Å². The van der Waals surface area contributed by atoms with Crippen LogP contribution in [0.2, 0.25) is 0 Å². The van der Waals surface area contributed by atoms with E-state index in [0.29, 0.717) is 6.42 Å². The SMILES string of the molecule is C=C[C@@]1(C)C(=O)C=C2C(=CC[C@H](C(=C)C)[C@@]2(C)CCC(=O)OC)[C@@H]1O. The number of rotatable bonds is 5. The molecule has 0 radical (unpaired) electrons. The van der Waals surface area contributed by atoms with Gasteiger partial charge in [-0.1, -0.05) is 31.2 Å². The zero-order valence-corrected chi connectivity index (χ0v) is 15.6. The molecular formula is C21H28O4. The second kappa shape index (κ2) is 6.75. The molecule has 2 aliphatic rings. The van der Waals surface area contributed by atoms with E-state index in [-0.39, 0.29) is 24.1 Å². The summed E-state index contributed by atoms with van der Waals surface area (Å²) in [5.41, 5.74) is 1.11. The highest BCUT2D eigenvalue weighted by Crippen LogP contribution is 2.54. The van der Waals surface area contributed by atoms with Crippen molar-refractivity contribution in [2.75, 3.05) is 7.11 Å². The quantitative estimate of drug-likeness (QED) is 0.612. The number of carbonyl (C=O) groups is 2. The number of aliphatic hydroxyl groups is 1. The van der Waals surface area contributed by atoms with Crippen LogP contribution in [0, 0.1) is 16.7 Å². The van der Waals surface area contributed by atoms with Gasteiger partial charge < -0.3 is 9.84 Å². The number of allylic oxidation sites excluding steroid dienone is 3. The highest BCUT2D eigenvalue weighted by Gasteiger charge is 2.50. The lowest BCUT2D eigenvalue weighted by atomic mass is 9.55. The van der Waals surface area contributed by atoms with Gasteiger partial charge in [-0.05, 0) is 49.8 Å². The number of aliphatic hydroxyl groups excluding tert-OH is 1. The van der Waals surface area contributed by atoms with Gasteiger partial charge in [0.05, 0.1) is 18.6 Å². The Balaban J connectivity index is 2.55. The van der Waals surface area contributed by atoms with Crippen LogP contribution in [0.3, 0.4) is 0 Å². The van der Waals surface area contributed by atoms with Gasteiger partial charge in [0.15, 0.2) is 5.78 Å². The first-order valence-corrected chi connectivity index (χ1v) is 8.62. The van der Waals surface area contributed by atoms with E-state index in [1.807, 2.05) is 19.9 Å². The summed E-state index contributed by atoms with van der Waals surface area (Å²) in [7, 11) is 1.37. The zero-order chi connectivity index (χ0) is 19.0. The number of ketones is 1. The number of hydrogen-bond acceptors (Lipinski definition) is 4. The molecule has 0 bridgehead atoms. The maximum absolute atomic E-state index is 12.7. The Hall–Kier alpha value is -1.94. The van der Waals surface area contributed by atoms with Gasteiger partial charge in [0.2, 0.25) is 0 Å². The number of fused-ring (bicyclic) bond motifs is 1. The summed E-state index contributed by atoms with van der Waals surface area (Å²) in [6.45, 7) is 13.6. The number of esters is 1. The van der Waals surface area contributed by atoms with Crippen LogP contribution in [-0.2, 0) is 14.3 Å². The second-order valence-electron chi connectivity index (χ2n) is 7.60. The summed E-state index contributed by atoms with van der Waals surface area (Å²) in [5, 5.41) is 10.9. The topological polar surface area (TPSA) is 63.6 Å². The van der Waals surface area contributed by atoms with Crippen LogP contribution < -0.4 is 0 Å². The van der Waals surface area contributed by atoms with E-state index >= 15 is 0 Å². The molecule has 0 aromatic carbocycles. The standard InChI is InChI=1S/C21H28O4/c1-7-20(4)17(22)12-16-14(19(20)24)8-9-15(13(2)3)21(16,5)11-10-18(23)25-6/h7-8,12,15,19,24H,1-2,9-11H2,3-6H3/t15-,19+,20+,21-/m1/s1. The molecule has 0 heterocycles. The molecule has 0 fully saturated rings. The van der Waals surface area contributed by atoms with E-state index in [9.17, 15) is 14.7 Å².